The van der Waals surface area contributed by atoms with E-state index in [1.165, 1.54) is 12.1 Å². The Morgan fingerprint density at radius 1 is 1.10 bits per heavy atom. The molecular formula is C17H16FNO2. The van der Waals surface area contributed by atoms with Crippen molar-refractivity contribution in [3.8, 4) is 0 Å². The number of halogens is 1. The van der Waals surface area contributed by atoms with Gasteiger partial charge >= 0.3 is 0 Å². The number of nitrogens with zero attached hydrogens (tertiary/aromatic N) is 1. The van der Waals surface area contributed by atoms with Crippen LogP contribution in [0.5, 0.6) is 0 Å². The zero-order valence-corrected chi connectivity index (χ0v) is 11.7. The van der Waals surface area contributed by atoms with Crippen LogP contribution in [0.3, 0.4) is 0 Å². The van der Waals surface area contributed by atoms with Gasteiger partial charge < -0.3 is 10.0 Å². The first kappa shape index (κ1) is 13.8. The summed E-state index contributed by atoms with van der Waals surface area (Å²) in [6.45, 7) is 2.76. The molecule has 0 bridgehead atoms. The van der Waals surface area contributed by atoms with Gasteiger partial charge in [0.1, 0.15) is 11.9 Å². The lowest BCUT2D eigenvalue weighted by Crippen LogP contribution is -2.21. The van der Waals surface area contributed by atoms with Crippen molar-refractivity contribution in [2.45, 2.75) is 26.1 Å². The molecule has 1 unspecified atom stereocenters. The lowest BCUT2D eigenvalue weighted by molar-refractivity contribution is -0.129. The summed E-state index contributed by atoms with van der Waals surface area (Å²) >= 11 is 0. The van der Waals surface area contributed by atoms with Crippen LogP contribution in [0.2, 0.25) is 0 Å². The molecule has 1 heterocycles. The van der Waals surface area contributed by atoms with Gasteiger partial charge in [-0.25, -0.2) is 4.39 Å². The molecule has 4 heteroatoms. The summed E-state index contributed by atoms with van der Waals surface area (Å²) in [6.07, 6.45) is -0.790. The molecule has 0 radical (unpaired) electrons. The van der Waals surface area contributed by atoms with Crippen molar-refractivity contribution >= 4 is 5.91 Å². The number of hydrogen-bond donors (Lipinski definition) is 1. The van der Waals surface area contributed by atoms with Gasteiger partial charge in [-0.05, 0) is 34.4 Å². The van der Waals surface area contributed by atoms with Crippen molar-refractivity contribution < 1.29 is 14.3 Å². The second kappa shape index (κ2) is 5.30. The summed E-state index contributed by atoms with van der Waals surface area (Å²) < 4.78 is 12.9. The molecule has 108 valence electrons. The van der Waals surface area contributed by atoms with E-state index in [0.29, 0.717) is 18.7 Å². The van der Waals surface area contributed by atoms with Crippen LogP contribution in [0.1, 0.15) is 35.3 Å². The highest BCUT2D eigenvalue weighted by Crippen LogP contribution is 2.28. The SMILES string of the molecule is CC(=O)N1Cc2ccc(C(O)c3ccc(F)cc3)cc2C1. The monoisotopic (exact) mass is 285 g/mol. The fraction of sp³-hybridized carbons (Fsp3) is 0.235. The molecule has 1 N–H and O–H groups in total. The molecule has 0 saturated carbocycles. The van der Waals surface area contributed by atoms with Crippen molar-refractivity contribution in [1.82, 2.24) is 4.90 Å². The Hall–Kier alpha value is -2.20. The van der Waals surface area contributed by atoms with Gasteiger partial charge in [0.15, 0.2) is 0 Å². The van der Waals surface area contributed by atoms with Crippen LogP contribution in [0, 0.1) is 5.82 Å². The number of carbonyl (C=O) groups is 1. The maximum Gasteiger partial charge on any atom is 0.220 e. The Morgan fingerprint density at radius 3 is 2.38 bits per heavy atom. The Morgan fingerprint density at radius 2 is 1.71 bits per heavy atom. The van der Waals surface area contributed by atoms with E-state index in [-0.39, 0.29) is 11.7 Å². The fourth-order valence-electron chi connectivity index (χ4n) is 2.64. The number of fused-ring (bicyclic) bond motifs is 1. The number of aliphatic hydroxyl groups is 1. The molecule has 0 saturated heterocycles. The minimum absolute atomic E-state index is 0.0480. The quantitative estimate of drug-likeness (QED) is 0.921. The number of aliphatic hydroxyl groups excluding tert-OH is 1. The average Bonchev–Trinajstić information content (AvgIpc) is 2.90. The van der Waals surface area contributed by atoms with Crippen molar-refractivity contribution in [3.05, 3.63) is 70.5 Å². The molecule has 2 aromatic carbocycles. The average molecular weight is 285 g/mol. The van der Waals surface area contributed by atoms with Crippen molar-refractivity contribution in [3.63, 3.8) is 0 Å². The second-order valence-electron chi connectivity index (χ2n) is 5.36. The maximum absolute atomic E-state index is 12.9. The highest BCUT2D eigenvalue weighted by Gasteiger charge is 2.22. The summed E-state index contributed by atoms with van der Waals surface area (Å²) in [4.78, 5) is 13.2. The third-order valence-electron chi connectivity index (χ3n) is 3.90. The third kappa shape index (κ3) is 2.67. The maximum atomic E-state index is 12.9. The largest absolute Gasteiger partial charge is 0.384 e. The molecule has 1 aliphatic rings. The van der Waals surface area contributed by atoms with Gasteiger partial charge in [0.2, 0.25) is 5.91 Å². The number of amides is 1. The predicted molar refractivity (Wildman–Crippen MR) is 76.8 cm³/mol. The minimum Gasteiger partial charge on any atom is -0.384 e. The topological polar surface area (TPSA) is 40.5 Å². The molecule has 1 atom stereocenters. The fourth-order valence-corrected chi connectivity index (χ4v) is 2.64. The lowest BCUT2D eigenvalue weighted by Gasteiger charge is -2.13. The van der Waals surface area contributed by atoms with E-state index >= 15 is 0 Å². The molecular weight excluding hydrogens is 269 g/mol. The van der Waals surface area contributed by atoms with E-state index in [9.17, 15) is 14.3 Å². The molecule has 0 spiro atoms. The van der Waals surface area contributed by atoms with Crippen molar-refractivity contribution in [1.29, 1.82) is 0 Å². The van der Waals surface area contributed by atoms with E-state index in [1.54, 1.807) is 24.0 Å². The Kier molecular flexibility index (Phi) is 3.47. The van der Waals surface area contributed by atoms with E-state index < -0.39 is 6.10 Å². The predicted octanol–water partition coefficient (Wildman–Crippen LogP) is 2.77. The van der Waals surface area contributed by atoms with Gasteiger partial charge in [-0.1, -0.05) is 30.3 Å². The molecule has 3 nitrogen and oxygen atoms in total. The lowest BCUT2D eigenvalue weighted by atomic mass is 9.98. The summed E-state index contributed by atoms with van der Waals surface area (Å²) in [5.41, 5.74) is 3.58. The number of hydrogen-bond acceptors (Lipinski definition) is 2. The summed E-state index contributed by atoms with van der Waals surface area (Å²) in [7, 11) is 0. The molecule has 0 aromatic heterocycles. The van der Waals surface area contributed by atoms with Crippen LogP contribution in [0.4, 0.5) is 4.39 Å². The van der Waals surface area contributed by atoms with E-state index in [0.717, 1.165) is 16.7 Å². The molecule has 21 heavy (non-hydrogen) atoms. The highest BCUT2D eigenvalue weighted by atomic mass is 19.1. The van der Waals surface area contributed by atoms with E-state index in [4.69, 9.17) is 0 Å². The van der Waals surface area contributed by atoms with E-state index in [1.807, 2.05) is 18.2 Å². The van der Waals surface area contributed by atoms with Crippen LogP contribution in [-0.2, 0) is 17.9 Å². The van der Waals surface area contributed by atoms with Crippen LogP contribution in [0.25, 0.3) is 0 Å². The summed E-state index contributed by atoms with van der Waals surface area (Å²) in [5, 5.41) is 10.4. The molecule has 0 fully saturated rings. The third-order valence-corrected chi connectivity index (χ3v) is 3.90. The normalized spacial score (nSPS) is 14.9. The zero-order valence-electron chi connectivity index (χ0n) is 11.7. The van der Waals surface area contributed by atoms with Crippen LogP contribution in [0.15, 0.2) is 42.5 Å². The van der Waals surface area contributed by atoms with Crippen molar-refractivity contribution in [2.75, 3.05) is 0 Å². The van der Waals surface area contributed by atoms with Crippen LogP contribution >= 0.6 is 0 Å². The van der Waals surface area contributed by atoms with Gasteiger partial charge in [0, 0.05) is 20.0 Å². The summed E-state index contributed by atoms with van der Waals surface area (Å²) in [5.74, 6) is -0.274. The second-order valence-corrected chi connectivity index (χ2v) is 5.36. The van der Waals surface area contributed by atoms with Gasteiger partial charge in [-0.3, -0.25) is 4.79 Å². The highest BCUT2D eigenvalue weighted by molar-refractivity contribution is 5.74. The van der Waals surface area contributed by atoms with Crippen molar-refractivity contribution in [2.24, 2.45) is 0 Å². The molecule has 1 amide bonds. The van der Waals surface area contributed by atoms with Gasteiger partial charge in [-0.15, -0.1) is 0 Å². The molecule has 2 aromatic rings. The standard InChI is InChI=1S/C17H16FNO2/c1-11(20)19-9-14-3-2-13(8-15(14)10-19)17(21)12-4-6-16(18)7-5-12/h2-8,17,21H,9-10H2,1H3. The zero-order chi connectivity index (χ0) is 15.0. The smallest absolute Gasteiger partial charge is 0.220 e. The first-order valence-corrected chi connectivity index (χ1v) is 6.85. The van der Waals surface area contributed by atoms with E-state index in [2.05, 4.69) is 0 Å². The first-order chi connectivity index (χ1) is 10.0. The molecule has 0 aliphatic carbocycles. The number of benzene rings is 2. The number of carbonyl (C=O) groups excluding carboxylic acids is 1. The first-order valence-electron chi connectivity index (χ1n) is 6.85. The molecule has 3 rings (SSSR count). The minimum atomic E-state index is -0.790. The van der Waals surface area contributed by atoms with Gasteiger partial charge in [0.25, 0.3) is 0 Å². The van der Waals surface area contributed by atoms with Crippen LogP contribution < -0.4 is 0 Å². The van der Waals surface area contributed by atoms with Gasteiger partial charge in [0.05, 0.1) is 0 Å². The Labute approximate surface area is 122 Å². The van der Waals surface area contributed by atoms with Crippen LogP contribution in [-0.4, -0.2) is 15.9 Å². The Bertz CT molecular complexity index is 682. The van der Waals surface area contributed by atoms with Gasteiger partial charge in [-0.2, -0.15) is 0 Å². The molecule has 1 aliphatic heterocycles. The summed E-state index contributed by atoms with van der Waals surface area (Å²) in [6, 6.07) is 11.6. The number of rotatable bonds is 2. The Balaban J connectivity index is 1.86.